The maximum Gasteiger partial charge on any atom is 0.180 e. The molecule has 0 bridgehead atoms. The highest BCUT2D eigenvalue weighted by molar-refractivity contribution is 9.10. The monoisotopic (exact) mass is 396 g/mol. The molecule has 0 aliphatic heterocycles. The van der Waals surface area contributed by atoms with Gasteiger partial charge in [-0.25, -0.2) is 4.98 Å². The minimum Gasteiger partial charge on any atom is -0.505 e. The van der Waals surface area contributed by atoms with Crippen LogP contribution in [-0.4, -0.2) is 21.7 Å². The van der Waals surface area contributed by atoms with E-state index in [0.717, 1.165) is 5.56 Å². The highest BCUT2D eigenvalue weighted by Gasteiger charge is 2.42. The molecule has 3 N–H and O–H groups in total. The lowest BCUT2D eigenvalue weighted by Gasteiger charge is -2.12. The fourth-order valence-electron chi connectivity index (χ4n) is 3.20. The number of rotatable bonds is 2. The van der Waals surface area contributed by atoms with Crippen LogP contribution in [0.5, 0.6) is 5.75 Å². The third-order valence-corrected chi connectivity index (χ3v) is 5.28. The second-order valence-corrected chi connectivity index (χ2v) is 6.72. The molecular formula is C19H13BrN2O3. The smallest absolute Gasteiger partial charge is 0.180 e. The molecule has 0 saturated heterocycles. The average Bonchev–Trinajstić information content (AvgIpc) is 2.88. The van der Waals surface area contributed by atoms with Crippen LogP contribution in [0.1, 0.15) is 37.9 Å². The Bertz CT molecular complexity index is 1060. The molecule has 0 saturated carbocycles. The molecule has 3 aromatic rings. The second kappa shape index (κ2) is 5.75. The summed E-state index contributed by atoms with van der Waals surface area (Å²) in [6, 6.07) is 12.2. The maximum atomic E-state index is 12.8. The number of ketones is 2. The summed E-state index contributed by atoms with van der Waals surface area (Å²) in [5, 5.41) is 11.3. The van der Waals surface area contributed by atoms with E-state index in [-0.39, 0.29) is 29.6 Å². The first kappa shape index (κ1) is 15.9. The first-order valence-corrected chi connectivity index (χ1v) is 8.50. The van der Waals surface area contributed by atoms with E-state index < -0.39 is 5.92 Å². The Kier molecular flexibility index (Phi) is 3.67. The van der Waals surface area contributed by atoms with Crippen molar-refractivity contribution in [3.8, 4) is 5.75 Å². The summed E-state index contributed by atoms with van der Waals surface area (Å²) in [6.45, 7) is 0.282. The number of aromatic nitrogens is 1. The van der Waals surface area contributed by atoms with Gasteiger partial charge in [-0.05, 0) is 33.6 Å². The summed E-state index contributed by atoms with van der Waals surface area (Å²) in [4.78, 5) is 30.0. The third kappa shape index (κ3) is 2.29. The van der Waals surface area contributed by atoms with Gasteiger partial charge in [-0.15, -0.1) is 0 Å². The minimum absolute atomic E-state index is 0.0751. The van der Waals surface area contributed by atoms with E-state index >= 15 is 0 Å². The van der Waals surface area contributed by atoms with E-state index in [9.17, 15) is 14.7 Å². The SMILES string of the molecule is NCc1ccc2c(c1)C(=O)C(c1nc3ccccc3c(Br)c1O)C2=O. The number of para-hydroxylation sites is 1. The molecule has 0 amide bonds. The molecule has 6 heteroatoms. The molecule has 5 nitrogen and oxygen atoms in total. The Balaban J connectivity index is 1.91. The van der Waals surface area contributed by atoms with E-state index in [4.69, 9.17) is 5.73 Å². The van der Waals surface area contributed by atoms with Gasteiger partial charge in [0.05, 0.1) is 9.99 Å². The average molecular weight is 397 g/mol. The van der Waals surface area contributed by atoms with Crippen molar-refractivity contribution in [2.75, 3.05) is 0 Å². The standard InChI is InChI=1S/C19H13BrN2O3/c20-15-11-3-1-2-4-13(11)22-16(19(15)25)14-17(23)10-6-5-9(8-21)7-12(10)18(14)24/h1-7,14,25H,8,21H2. The fourth-order valence-corrected chi connectivity index (χ4v) is 3.73. The van der Waals surface area contributed by atoms with E-state index in [1.807, 2.05) is 12.1 Å². The second-order valence-electron chi connectivity index (χ2n) is 5.92. The zero-order valence-corrected chi connectivity index (χ0v) is 14.6. The van der Waals surface area contributed by atoms with E-state index in [1.165, 1.54) is 0 Å². The van der Waals surface area contributed by atoms with Gasteiger partial charge in [-0.1, -0.05) is 30.3 Å². The Labute approximate surface area is 151 Å². The number of halogens is 1. The molecule has 1 atom stereocenters. The summed E-state index contributed by atoms with van der Waals surface area (Å²) in [5.74, 6) is -2.03. The third-order valence-electron chi connectivity index (χ3n) is 4.48. The molecular weight excluding hydrogens is 384 g/mol. The van der Waals surface area contributed by atoms with Gasteiger partial charge in [0.15, 0.2) is 17.3 Å². The highest BCUT2D eigenvalue weighted by atomic mass is 79.9. The quantitative estimate of drug-likeness (QED) is 0.648. The minimum atomic E-state index is -1.14. The number of benzene rings is 2. The van der Waals surface area contributed by atoms with Gasteiger partial charge in [0.25, 0.3) is 0 Å². The first-order chi connectivity index (χ1) is 12.0. The Hall–Kier alpha value is -2.57. The molecule has 1 aliphatic rings. The zero-order chi connectivity index (χ0) is 17.7. The molecule has 1 aromatic heterocycles. The number of hydrogen-bond acceptors (Lipinski definition) is 5. The van der Waals surface area contributed by atoms with Gasteiger partial charge >= 0.3 is 0 Å². The van der Waals surface area contributed by atoms with Crippen molar-refractivity contribution in [1.82, 2.24) is 4.98 Å². The summed E-state index contributed by atoms with van der Waals surface area (Å²) < 4.78 is 0.423. The van der Waals surface area contributed by atoms with Gasteiger partial charge in [-0.3, -0.25) is 9.59 Å². The number of aromatic hydroxyl groups is 1. The molecule has 2 aromatic carbocycles. The van der Waals surface area contributed by atoms with Crippen molar-refractivity contribution < 1.29 is 14.7 Å². The largest absolute Gasteiger partial charge is 0.505 e. The normalized spacial score (nSPS) is 16.5. The highest BCUT2D eigenvalue weighted by Crippen LogP contribution is 2.42. The molecule has 4 rings (SSSR count). The van der Waals surface area contributed by atoms with Crippen molar-refractivity contribution in [3.05, 3.63) is 69.3 Å². The molecule has 1 heterocycles. The maximum absolute atomic E-state index is 12.8. The van der Waals surface area contributed by atoms with Crippen LogP contribution >= 0.6 is 15.9 Å². The van der Waals surface area contributed by atoms with E-state index in [1.54, 1.807) is 30.3 Å². The summed E-state index contributed by atoms with van der Waals surface area (Å²) in [7, 11) is 0. The summed E-state index contributed by atoms with van der Waals surface area (Å²) in [5.41, 5.74) is 7.75. The van der Waals surface area contributed by atoms with Crippen LogP contribution in [-0.2, 0) is 6.54 Å². The molecule has 1 unspecified atom stereocenters. The van der Waals surface area contributed by atoms with Gasteiger partial charge in [-0.2, -0.15) is 0 Å². The molecule has 124 valence electrons. The summed E-state index contributed by atoms with van der Waals surface area (Å²) >= 11 is 3.35. The lowest BCUT2D eigenvalue weighted by molar-refractivity contribution is 0.0886. The van der Waals surface area contributed by atoms with Gasteiger partial charge < -0.3 is 10.8 Å². The van der Waals surface area contributed by atoms with E-state index in [2.05, 4.69) is 20.9 Å². The number of nitrogens with zero attached hydrogens (tertiary/aromatic N) is 1. The van der Waals surface area contributed by atoms with Gasteiger partial charge in [0.1, 0.15) is 11.6 Å². The number of pyridine rings is 1. The first-order valence-electron chi connectivity index (χ1n) is 7.71. The molecule has 0 spiro atoms. The number of carbonyl (C=O) groups is 2. The van der Waals surface area contributed by atoms with Crippen LogP contribution < -0.4 is 5.73 Å². The number of carbonyl (C=O) groups excluding carboxylic acids is 2. The number of nitrogens with two attached hydrogens (primary N) is 1. The molecule has 0 fully saturated rings. The Morgan fingerprint density at radius 3 is 2.56 bits per heavy atom. The summed E-state index contributed by atoms with van der Waals surface area (Å²) in [6.07, 6.45) is 0. The lowest BCUT2D eigenvalue weighted by atomic mass is 9.97. The van der Waals surface area contributed by atoms with Crippen LogP contribution in [0, 0.1) is 0 Å². The fraction of sp³-hybridized carbons (Fsp3) is 0.105. The van der Waals surface area contributed by atoms with Gasteiger partial charge in [0, 0.05) is 23.1 Å². The zero-order valence-electron chi connectivity index (χ0n) is 13.0. The molecule has 0 radical (unpaired) electrons. The van der Waals surface area contributed by atoms with Crippen molar-refractivity contribution in [2.45, 2.75) is 12.5 Å². The van der Waals surface area contributed by atoms with Crippen LogP contribution in [0.4, 0.5) is 0 Å². The Morgan fingerprint density at radius 2 is 1.80 bits per heavy atom. The van der Waals surface area contributed by atoms with Crippen LogP contribution in [0.3, 0.4) is 0 Å². The van der Waals surface area contributed by atoms with Crippen molar-refractivity contribution in [3.63, 3.8) is 0 Å². The predicted octanol–water partition coefficient (Wildman–Crippen LogP) is 3.32. The van der Waals surface area contributed by atoms with Gasteiger partial charge in [0.2, 0.25) is 0 Å². The van der Waals surface area contributed by atoms with Crippen LogP contribution in [0.15, 0.2) is 46.9 Å². The van der Waals surface area contributed by atoms with Crippen molar-refractivity contribution in [1.29, 1.82) is 0 Å². The Morgan fingerprint density at radius 1 is 1.08 bits per heavy atom. The van der Waals surface area contributed by atoms with Crippen LogP contribution in [0.25, 0.3) is 10.9 Å². The topological polar surface area (TPSA) is 93.3 Å². The predicted molar refractivity (Wildman–Crippen MR) is 96.8 cm³/mol. The van der Waals surface area contributed by atoms with Crippen molar-refractivity contribution in [2.24, 2.45) is 5.73 Å². The number of Topliss-reactive ketones (excluding diaryl/α,β-unsaturated/α-hetero) is 2. The lowest BCUT2D eigenvalue weighted by Crippen LogP contribution is -2.15. The number of hydrogen-bond donors (Lipinski definition) is 2. The van der Waals surface area contributed by atoms with E-state index in [0.29, 0.717) is 26.5 Å². The number of fused-ring (bicyclic) bond motifs is 2. The van der Waals surface area contributed by atoms with Crippen molar-refractivity contribution >= 4 is 38.4 Å². The molecule has 25 heavy (non-hydrogen) atoms. The molecule has 1 aliphatic carbocycles. The van der Waals surface area contributed by atoms with Crippen LogP contribution in [0.2, 0.25) is 0 Å².